The van der Waals surface area contributed by atoms with Gasteiger partial charge in [0.25, 0.3) is 5.91 Å². The van der Waals surface area contributed by atoms with E-state index in [9.17, 15) is 4.79 Å². The Balaban J connectivity index is 2.29. The quantitative estimate of drug-likeness (QED) is 0.377. The molecule has 1 saturated heterocycles. The van der Waals surface area contributed by atoms with Crippen LogP contribution in [0.25, 0.3) is 0 Å². The summed E-state index contributed by atoms with van der Waals surface area (Å²) in [6.07, 6.45) is 5.06. The summed E-state index contributed by atoms with van der Waals surface area (Å²) < 4.78 is 0. The number of allylic oxidation sites excluding steroid dienone is 2. The van der Waals surface area contributed by atoms with Gasteiger partial charge >= 0.3 is 0 Å². The maximum absolute atomic E-state index is 11.3. The summed E-state index contributed by atoms with van der Waals surface area (Å²) in [5, 5.41) is 0. The lowest BCUT2D eigenvalue weighted by molar-refractivity contribution is -0.133. The molecule has 0 spiro atoms. The Labute approximate surface area is 66.2 Å². The van der Waals surface area contributed by atoms with Gasteiger partial charge in [0.15, 0.2) is 0 Å². The third kappa shape index (κ3) is 0.642. The first kappa shape index (κ1) is 6.65. The molecule has 0 radical (unpaired) electrons. The summed E-state index contributed by atoms with van der Waals surface area (Å²) in [5.41, 5.74) is 2.10. The lowest BCUT2D eigenvalue weighted by Gasteiger charge is -2.38. The second-order valence-corrected chi connectivity index (χ2v) is 3.02. The molecule has 1 amide bonds. The van der Waals surface area contributed by atoms with Crippen molar-refractivity contribution in [2.45, 2.75) is 26.3 Å². The number of amides is 1. The number of fused-ring (bicyclic) bond motifs is 1. The first-order valence-electron chi connectivity index (χ1n) is 3.92. The fourth-order valence-electron chi connectivity index (χ4n) is 1.83. The lowest BCUT2D eigenvalue weighted by Crippen LogP contribution is -2.50. The van der Waals surface area contributed by atoms with Crippen molar-refractivity contribution in [3.8, 4) is 0 Å². The number of hydrogen-bond acceptors (Lipinski definition) is 1. The monoisotopic (exact) mass is 149 g/mol. The maximum atomic E-state index is 11.3. The van der Waals surface area contributed by atoms with Gasteiger partial charge in [-0.05, 0) is 20.3 Å². The molecule has 11 heavy (non-hydrogen) atoms. The Morgan fingerprint density at radius 1 is 1.73 bits per heavy atom. The summed E-state index contributed by atoms with van der Waals surface area (Å²) in [6, 6.07) is 0.382. The molecule has 2 aliphatic rings. The summed E-state index contributed by atoms with van der Waals surface area (Å²) in [4.78, 5) is 13.2. The van der Waals surface area contributed by atoms with Crippen molar-refractivity contribution in [1.29, 1.82) is 0 Å². The molecule has 2 nitrogen and oxygen atoms in total. The SMILES string of the molecule is C/C=C1\C(=O)N2C(C)=CC[C@H]12. The van der Waals surface area contributed by atoms with Crippen molar-refractivity contribution in [2.75, 3.05) is 0 Å². The fourth-order valence-corrected chi connectivity index (χ4v) is 1.83. The largest absolute Gasteiger partial charge is 0.305 e. The highest BCUT2D eigenvalue weighted by Crippen LogP contribution is 2.37. The predicted octanol–water partition coefficient (Wildman–Crippen LogP) is 1.45. The zero-order valence-corrected chi connectivity index (χ0v) is 6.79. The number of hydrogen-bond donors (Lipinski definition) is 0. The molecule has 0 saturated carbocycles. The van der Waals surface area contributed by atoms with Gasteiger partial charge in [0.05, 0.1) is 6.04 Å². The predicted molar refractivity (Wildman–Crippen MR) is 42.8 cm³/mol. The molecule has 2 rings (SSSR count). The normalized spacial score (nSPS) is 32.0. The minimum Gasteiger partial charge on any atom is -0.305 e. The smallest absolute Gasteiger partial charge is 0.256 e. The van der Waals surface area contributed by atoms with E-state index in [4.69, 9.17) is 0 Å². The maximum Gasteiger partial charge on any atom is 0.256 e. The number of carbonyl (C=O) groups is 1. The number of nitrogens with zero attached hydrogens (tertiary/aromatic N) is 1. The van der Waals surface area contributed by atoms with Gasteiger partial charge in [-0.2, -0.15) is 0 Å². The minimum atomic E-state index is 0.198. The molecule has 1 atom stereocenters. The first-order valence-corrected chi connectivity index (χ1v) is 3.92. The second-order valence-electron chi connectivity index (χ2n) is 3.02. The Morgan fingerprint density at radius 3 is 3.09 bits per heavy atom. The van der Waals surface area contributed by atoms with Crippen LogP contribution in [0, 0.1) is 0 Å². The van der Waals surface area contributed by atoms with Crippen molar-refractivity contribution >= 4 is 5.91 Å². The van der Waals surface area contributed by atoms with Gasteiger partial charge in [0.1, 0.15) is 0 Å². The van der Waals surface area contributed by atoms with Gasteiger partial charge in [-0.1, -0.05) is 12.2 Å². The molecule has 2 heteroatoms. The van der Waals surface area contributed by atoms with E-state index in [0.29, 0.717) is 6.04 Å². The van der Waals surface area contributed by atoms with Crippen molar-refractivity contribution in [3.63, 3.8) is 0 Å². The third-order valence-electron chi connectivity index (χ3n) is 2.46. The molecule has 0 unspecified atom stereocenters. The Hall–Kier alpha value is -1.05. The van der Waals surface area contributed by atoms with Crippen LogP contribution in [0.15, 0.2) is 23.4 Å². The molecule has 0 aliphatic carbocycles. The third-order valence-corrected chi connectivity index (χ3v) is 2.46. The Morgan fingerprint density at radius 2 is 2.45 bits per heavy atom. The highest BCUT2D eigenvalue weighted by molar-refractivity contribution is 6.03. The number of carbonyl (C=O) groups excluding carboxylic acids is 1. The van der Waals surface area contributed by atoms with Crippen LogP contribution in [0.4, 0.5) is 0 Å². The average Bonchev–Trinajstić information content (AvgIpc) is 2.28. The Kier molecular flexibility index (Phi) is 1.19. The van der Waals surface area contributed by atoms with Crippen LogP contribution in [-0.4, -0.2) is 16.8 Å². The standard InChI is InChI=1S/C9H11NO/c1-3-7-8-5-4-6(2)10(8)9(7)11/h3-4,8H,5H2,1-2H3/b7-3-/t8-/m1/s1. The van der Waals surface area contributed by atoms with E-state index < -0.39 is 0 Å². The zero-order chi connectivity index (χ0) is 8.01. The highest BCUT2D eigenvalue weighted by Gasteiger charge is 2.44. The van der Waals surface area contributed by atoms with Crippen LogP contribution in [0.5, 0.6) is 0 Å². The molecule has 58 valence electrons. The number of rotatable bonds is 0. The van der Waals surface area contributed by atoms with E-state index in [0.717, 1.165) is 17.7 Å². The highest BCUT2D eigenvalue weighted by atomic mass is 16.2. The fraction of sp³-hybridized carbons (Fsp3) is 0.444. The first-order chi connectivity index (χ1) is 5.25. The molecule has 0 bridgehead atoms. The van der Waals surface area contributed by atoms with E-state index in [2.05, 4.69) is 6.08 Å². The summed E-state index contributed by atoms with van der Waals surface area (Å²) in [6.45, 7) is 3.92. The van der Waals surface area contributed by atoms with Crippen LogP contribution < -0.4 is 0 Å². The van der Waals surface area contributed by atoms with Gasteiger partial charge in [0, 0.05) is 11.3 Å². The van der Waals surface area contributed by atoms with E-state index >= 15 is 0 Å². The Bertz CT molecular complexity index is 275. The van der Waals surface area contributed by atoms with E-state index in [1.54, 1.807) is 0 Å². The van der Waals surface area contributed by atoms with Crippen LogP contribution >= 0.6 is 0 Å². The van der Waals surface area contributed by atoms with E-state index in [1.165, 1.54) is 0 Å². The van der Waals surface area contributed by atoms with Crippen LogP contribution in [0.2, 0.25) is 0 Å². The van der Waals surface area contributed by atoms with Crippen molar-refractivity contribution < 1.29 is 4.79 Å². The second kappa shape index (κ2) is 1.97. The molecular formula is C9H11NO. The summed E-state index contributed by atoms with van der Waals surface area (Å²) in [5.74, 6) is 0.198. The summed E-state index contributed by atoms with van der Waals surface area (Å²) in [7, 11) is 0. The zero-order valence-electron chi connectivity index (χ0n) is 6.79. The van der Waals surface area contributed by atoms with Crippen LogP contribution in [-0.2, 0) is 4.79 Å². The van der Waals surface area contributed by atoms with E-state index in [1.807, 2.05) is 24.8 Å². The molecular weight excluding hydrogens is 138 g/mol. The number of β-lactam (4-membered cyclic amide) rings is 1. The minimum absolute atomic E-state index is 0.198. The molecule has 0 aromatic heterocycles. The van der Waals surface area contributed by atoms with Gasteiger partial charge in [-0.3, -0.25) is 4.79 Å². The average molecular weight is 149 g/mol. The molecule has 1 fully saturated rings. The van der Waals surface area contributed by atoms with Gasteiger partial charge < -0.3 is 4.90 Å². The summed E-state index contributed by atoms with van der Waals surface area (Å²) >= 11 is 0. The molecule has 0 N–H and O–H groups in total. The van der Waals surface area contributed by atoms with Crippen LogP contribution in [0.1, 0.15) is 20.3 Å². The van der Waals surface area contributed by atoms with Gasteiger partial charge in [0.2, 0.25) is 0 Å². The molecule has 0 aromatic carbocycles. The van der Waals surface area contributed by atoms with Crippen molar-refractivity contribution in [1.82, 2.24) is 4.90 Å². The molecule has 2 heterocycles. The molecule has 2 aliphatic heterocycles. The van der Waals surface area contributed by atoms with Gasteiger partial charge in [-0.25, -0.2) is 0 Å². The van der Waals surface area contributed by atoms with Crippen LogP contribution in [0.3, 0.4) is 0 Å². The van der Waals surface area contributed by atoms with Crippen molar-refractivity contribution in [2.24, 2.45) is 0 Å². The van der Waals surface area contributed by atoms with E-state index in [-0.39, 0.29) is 5.91 Å². The molecule has 0 aromatic rings. The lowest BCUT2D eigenvalue weighted by atomic mass is 9.95. The van der Waals surface area contributed by atoms with Crippen molar-refractivity contribution in [3.05, 3.63) is 23.4 Å². The van der Waals surface area contributed by atoms with Gasteiger partial charge in [-0.15, -0.1) is 0 Å². The topological polar surface area (TPSA) is 20.3 Å².